The molecule has 2 aromatic heterocycles. The second kappa shape index (κ2) is 10.5. The number of imidazole rings is 1. The summed E-state index contributed by atoms with van der Waals surface area (Å²) in [6, 6.07) is 16.1. The van der Waals surface area contributed by atoms with Crippen LogP contribution >= 0.6 is 11.3 Å². The minimum absolute atomic E-state index is 0.00908. The van der Waals surface area contributed by atoms with E-state index >= 15 is 0 Å². The van der Waals surface area contributed by atoms with Crippen LogP contribution in [0.3, 0.4) is 0 Å². The Kier molecular flexibility index (Phi) is 6.76. The molecule has 37 heavy (non-hydrogen) atoms. The van der Waals surface area contributed by atoms with Crippen LogP contribution in [0.15, 0.2) is 58.9 Å². The fourth-order valence-electron chi connectivity index (χ4n) is 5.30. The largest absolute Gasteiger partial charge is 0.493 e. The average Bonchev–Trinajstić information content (AvgIpc) is 3.67. The van der Waals surface area contributed by atoms with Crippen LogP contribution < -0.4 is 4.74 Å². The van der Waals surface area contributed by atoms with Crippen molar-refractivity contribution in [3.05, 3.63) is 65.0 Å². The van der Waals surface area contributed by atoms with Crippen molar-refractivity contribution in [2.45, 2.75) is 51.3 Å². The third kappa shape index (κ3) is 4.67. The zero-order valence-electron chi connectivity index (χ0n) is 20.7. The van der Waals surface area contributed by atoms with Gasteiger partial charge in [0.15, 0.2) is 5.82 Å². The highest BCUT2D eigenvalue weighted by molar-refractivity contribution is 7.13. The molecule has 1 N–H and O–H groups in total. The number of benzene rings is 2. The molecular formula is C29H30N4O3S. The van der Waals surface area contributed by atoms with Gasteiger partial charge in [0.25, 0.3) is 5.91 Å². The number of rotatable bonds is 9. The molecule has 0 bridgehead atoms. The van der Waals surface area contributed by atoms with Crippen LogP contribution in [0.4, 0.5) is 5.69 Å². The standard InChI is InChI=1S/C29H30N4O3S/c34-19-20-16-22-24(30-18-21-8-6-13-32(21)29(22)35)17-26(20)36-14-5-1-4-12-33-25-10-3-2-9-23(25)31-28(33)27-11-7-15-37-27/h2-3,7,9-11,15-18,21,34H,1,4-6,8,12-14,19H2/t21-/m0/s1. The van der Waals surface area contributed by atoms with Crippen molar-refractivity contribution in [2.24, 2.45) is 4.99 Å². The third-order valence-corrected chi connectivity index (χ3v) is 8.07. The predicted molar refractivity (Wildman–Crippen MR) is 147 cm³/mol. The summed E-state index contributed by atoms with van der Waals surface area (Å²) in [7, 11) is 0. The molecule has 0 spiro atoms. The van der Waals surface area contributed by atoms with E-state index in [0.29, 0.717) is 29.2 Å². The second-order valence-electron chi connectivity index (χ2n) is 9.58. The van der Waals surface area contributed by atoms with Gasteiger partial charge in [-0.2, -0.15) is 0 Å². The fourth-order valence-corrected chi connectivity index (χ4v) is 6.02. The lowest BCUT2D eigenvalue weighted by molar-refractivity contribution is 0.0774. The van der Waals surface area contributed by atoms with Gasteiger partial charge in [0.05, 0.1) is 46.4 Å². The quantitative estimate of drug-likeness (QED) is 0.285. The number of aliphatic hydroxyl groups excluding tert-OH is 1. The number of fused-ring (bicyclic) bond motifs is 3. The molecule has 1 fully saturated rings. The van der Waals surface area contributed by atoms with Crippen LogP contribution in [0, 0.1) is 0 Å². The number of carbonyl (C=O) groups is 1. The van der Waals surface area contributed by atoms with Crippen LogP contribution in [0.1, 0.15) is 48.0 Å². The molecule has 7 nitrogen and oxygen atoms in total. The number of carbonyl (C=O) groups excluding carboxylic acids is 1. The lowest BCUT2D eigenvalue weighted by atomic mass is 10.1. The zero-order valence-corrected chi connectivity index (χ0v) is 21.5. The van der Waals surface area contributed by atoms with Gasteiger partial charge in [0, 0.05) is 30.9 Å². The Morgan fingerprint density at radius 3 is 2.89 bits per heavy atom. The SMILES string of the molecule is O=C1c2cc(CO)c(OCCCCCn3c(-c4cccs4)nc4ccccc43)cc2N=C[C@@H]2CCCN12. The minimum atomic E-state index is -0.178. The first-order chi connectivity index (χ1) is 18.2. The summed E-state index contributed by atoms with van der Waals surface area (Å²) in [6.45, 7) is 2.01. The van der Waals surface area contributed by atoms with Crippen molar-refractivity contribution in [1.29, 1.82) is 0 Å². The van der Waals surface area contributed by atoms with E-state index in [1.807, 2.05) is 23.2 Å². The molecule has 6 rings (SSSR count). The summed E-state index contributed by atoms with van der Waals surface area (Å²) < 4.78 is 8.40. The van der Waals surface area contributed by atoms with E-state index in [0.717, 1.165) is 62.1 Å². The Morgan fingerprint density at radius 1 is 1.11 bits per heavy atom. The summed E-state index contributed by atoms with van der Waals surface area (Å²) in [5.74, 6) is 1.62. The summed E-state index contributed by atoms with van der Waals surface area (Å²) in [5, 5.41) is 12.0. The molecule has 190 valence electrons. The number of nitrogens with zero attached hydrogens (tertiary/aromatic N) is 4. The Hall–Kier alpha value is -3.49. The van der Waals surface area contributed by atoms with Gasteiger partial charge in [-0.1, -0.05) is 18.2 Å². The number of amides is 1. The van der Waals surface area contributed by atoms with Crippen molar-refractivity contribution in [3.8, 4) is 16.5 Å². The first-order valence-corrected chi connectivity index (χ1v) is 13.9. The van der Waals surface area contributed by atoms with E-state index in [-0.39, 0.29) is 18.6 Å². The van der Waals surface area contributed by atoms with Gasteiger partial charge in [-0.15, -0.1) is 11.3 Å². The number of aliphatic imine (C=N–C) groups is 1. The monoisotopic (exact) mass is 514 g/mol. The minimum Gasteiger partial charge on any atom is -0.493 e. The highest BCUT2D eigenvalue weighted by Gasteiger charge is 2.32. The molecule has 8 heteroatoms. The summed E-state index contributed by atoms with van der Waals surface area (Å²) in [5.41, 5.74) is 3.99. The van der Waals surface area contributed by atoms with Crippen LogP contribution in [-0.2, 0) is 13.2 Å². The first-order valence-electron chi connectivity index (χ1n) is 13.0. The topological polar surface area (TPSA) is 79.9 Å². The molecule has 0 unspecified atom stereocenters. The molecule has 2 aliphatic heterocycles. The maximum atomic E-state index is 13.0. The normalized spacial score (nSPS) is 16.7. The van der Waals surface area contributed by atoms with Crippen molar-refractivity contribution >= 4 is 40.2 Å². The molecule has 1 saturated heterocycles. The number of ether oxygens (including phenoxy) is 1. The molecule has 1 amide bonds. The maximum Gasteiger partial charge on any atom is 0.256 e. The number of hydrogen-bond acceptors (Lipinski definition) is 6. The number of thiophene rings is 1. The molecule has 0 aliphatic carbocycles. The third-order valence-electron chi connectivity index (χ3n) is 7.21. The Morgan fingerprint density at radius 2 is 2.03 bits per heavy atom. The van der Waals surface area contributed by atoms with Crippen LogP contribution in [-0.4, -0.2) is 50.9 Å². The number of para-hydroxylation sites is 2. The van der Waals surface area contributed by atoms with Gasteiger partial charge in [0.2, 0.25) is 0 Å². The molecule has 4 heterocycles. The molecule has 2 aromatic carbocycles. The van der Waals surface area contributed by atoms with Crippen LogP contribution in [0.25, 0.3) is 21.7 Å². The molecule has 0 saturated carbocycles. The number of aryl methyl sites for hydroxylation is 1. The Labute approximate surface area is 220 Å². The highest BCUT2D eigenvalue weighted by Crippen LogP contribution is 2.34. The second-order valence-corrected chi connectivity index (χ2v) is 10.5. The van der Waals surface area contributed by atoms with E-state index in [1.54, 1.807) is 17.4 Å². The summed E-state index contributed by atoms with van der Waals surface area (Å²) in [4.78, 5) is 25.6. The molecule has 1 atom stereocenters. The predicted octanol–water partition coefficient (Wildman–Crippen LogP) is 5.83. The maximum absolute atomic E-state index is 13.0. The van der Waals surface area contributed by atoms with Crippen LogP contribution in [0.5, 0.6) is 5.75 Å². The van der Waals surface area contributed by atoms with Gasteiger partial charge < -0.3 is 19.3 Å². The van der Waals surface area contributed by atoms with E-state index in [2.05, 4.69) is 45.3 Å². The van der Waals surface area contributed by atoms with Crippen molar-refractivity contribution in [1.82, 2.24) is 14.5 Å². The molecular weight excluding hydrogens is 484 g/mol. The van der Waals surface area contributed by atoms with E-state index in [9.17, 15) is 9.90 Å². The van der Waals surface area contributed by atoms with Crippen LogP contribution in [0.2, 0.25) is 0 Å². The number of aliphatic hydroxyl groups is 1. The zero-order chi connectivity index (χ0) is 25.2. The summed E-state index contributed by atoms with van der Waals surface area (Å²) in [6.07, 6.45) is 6.73. The number of aromatic nitrogens is 2. The van der Waals surface area contributed by atoms with Crippen molar-refractivity contribution in [3.63, 3.8) is 0 Å². The Bertz CT molecular complexity index is 1440. The average molecular weight is 515 g/mol. The van der Waals surface area contributed by atoms with Gasteiger partial charge in [0.1, 0.15) is 5.75 Å². The van der Waals surface area contributed by atoms with E-state index < -0.39 is 0 Å². The van der Waals surface area contributed by atoms with Gasteiger partial charge in [-0.3, -0.25) is 9.79 Å². The van der Waals surface area contributed by atoms with E-state index in [1.165, 1.54) is 4.88 Å². The number of unbranched alkanes of at least 4 members (excludes halogenated alkanes) is 2. The fraction of sp³-hybridized carbons (Fsp3) is 0.345. The van der Waals surface area contributed by atoms with Crippen molar-refractivity contribution in [2.75, 3.05) is 13.2 Å². The summed E-state index contributed by atoms with van der Waals surface area (Å²) >= 11 is 1.71. The first kappa shape index (κ1) is 23.9. The molecule has 2 aliphatic rings. The smallest absolute Gasteiger partial charge is 0.256 e. The highest BCUT2D eigenvalue weighted by atomic mass is 32.1. The lowest BCUT2D eigenvalue weighted by Gasteiger charge is -2.20. The lowest BCUT2D eigenvalue weighted by Crippen LogP contribution is -2.35. The van der Waals surface area contributed by atoms with Gasteiger partial charge in [-0.05, 0) is 61.7 Å². The number of hydrogen-bond donors (Lipinski definition) is 1. The molecule has 0 radical (unpaired) electrons. The van der Waals surface area contributed by atoms with Gasteiger partial charge >= 0.3 is 0 Å². The Balaban J connectivity index is 1.09. The van der Waals surface area contributed by atoms with E-state index in [4.69, 9.17) is 9.72 Å². The van der Waals surface area contributed by atoms with Gasteiger partial charge in [-0.25, -0.2) is 4.98 Å². The molecule has 4 aromatic rings. The van der Waals surface area contributed by atoms with Crippen molar-refractivity contribution < 1.29 is 14.6 Å².